The number of nitrogens with zero attached hydrogens (tertiary/aromatic N) is 3. The Hall–Kier alpha value is -2.08. The average Bonchev–Trinajstić information content (AvgIpc) is 3.08. The van der Waals surface area contributed by atoms with Crippen LogP contribution in [0.15, 0.2) is 24.3 Å². The maximum absolute atomic E-state index is 12.7. The van der Waals surface area contributed by atoms with Gasteiger partial charge in [0.2, 0.25) is 5.91 Å². The third kappa shape index (κ3) is 3.11. The van der Waals surface area contributed by atoms with Crippen LogP contribution >= 0.6 is 0 Å². The van der Waals surface area contributed by atoms with Crippen LogP contribution in [0.25, 0.3) is 0 Å². The largest absolute Gasteiger partial charge is 0.368 e. The van der Waals surface area contributed by atoms with Crippen LogP contribution in [-0.4, -0.2) is 61.0 Å². The highest BCUT2D eigenvalue weighted by Gasteiger charge is 2.51. The summed E-state index contributed by atoms with van der Waals surface area (Å²) >= 11 is 0. The van der Waals surface area contributed by atoms with E-state index in [1.165, 1.54) is 5.56 Å². The lowest BCUT2D eigenvalue weighted by Gasteiger charge is -2.30. The Labute approximate surface area is 149 Å². The maximum atomic E-state index is 12.7. The molecule has 2 fully saturated rings. The molecule has 6 nitrogen and oxygen atoms in total. The lowest BCUT2D eigenvalue weighted by atomic mass is 9.84. The Morgan fingerprint density at radius 1 is 1.28 bits per heavy atom. The Bertz CT molecular complexity index is 669. The first-order valence-corrected chi connectivity index (χ1v) is 8.70. The van der Waals surface area contributed by atoms with Crippen molar-refractivity contribution in [2.45, 2.75) is 37.8 Å². The number of hydrogen-bond donors (Lipinski definition) is 1. The zero-order valence-corrected chi connectivity index (χ0v) is 15.4. The summed E-state index contributed by atoms with van der Waals surface area (Å²) in [4.78, 5) is 30.2. The smallest absolute Gasteiger partial charge is 0.325 e. The third-order valence-electron chi connectivity index (χ3n) is 5.12. The van der Waals surface area contributed by atoms with E-state index in [4.69, 9.17) is 5.73 Å². The molecule has 1 radical (unpaired) electrons. The van der Waals surface area contributed by atoms with Crippen molar-refractivity contribution in [1.29, 1.82) is 0 Å². The van der Waals surface area contributed by atoms with Crippen molar-refractivity contribution in [3.63, 3.8) is 0 Å². The molecule has 1 aromatic carbocycles. The van der Waals surface area contributed by atoms with Gasteiger partial charge in [-0.15, -0.1) is 0 Å². The minimum Gasteiger partial charge on any atom is -0.368 e. The van der Waals surface area contributed by atoms with Crippen LogP contribution in [0.5, 0.6) is 0 Å². The molecule has 0 saturated carbocycles. The standard InChI is InChI=1S/C19H27N4O2/c1-19(2,12-21(3)4)13-7-9-14(10-8-13)23-16(17(20)24)15-6-5-11-22(15)18(23)25/h6-10,15-16H,5,11-12H2,1-4H3,(H2,20,24)/t15-,16?/m1/s1. The van der Waals surface area contributed by atoms with Gasteiger partial charge in [-0.05, 0) is 44.6 Å². The highest BCUT2D eigenvalue weighted by Crippen LogP contribution is 2.35. The average molecular weight is 343 g/mol. The number of benzene rings is 1. The molecule has 3 amide bonds. The lowest BCUT2D eigenvalue weighted by Crippen LogP contribution is -2.46. The predicted molar refractivity (Wildman–Crippen MR) is 98.3 cm³/mol. The van der Waals surface area contributed by atoms with Crippen LogP contribution < -0.4 is 10.6 Å². The van der Waals surface area contributed by atoms with Crippen molar-refractivity contribution >= 4 is 17.6 Å². The molecule has 2 saturated heterocycles. The van der Waals surface area contributed by atoms with Gasteiger partial charge in [0.1, 0.15) is 6.04 Å². The lowest BCUT2D eigenvalue weighted by molar-refractivity contribution is -0.119. The second-order valence-corrected chi connectivity index (χ2v) is 7.88. The molecular formula is C19H27N4O2. The Morgan fingerprint density at radius 3 is 2.48 bits per heavy atom. The number of fused-ring (bicyclic) bond motifs is 1. The quantitative estimate of drug-likeness (QED) is 0.883. The summed E-state index contributed by atoms with van der Waals surface area (Å²) in [6, 6.07) is 6.94. The first-order chi connectivity index (χ1) is 11.7. The Morgan fingerprint density at radius 2 is 1.92 bits per heavy atom. The van der Waals surface area contributed by atoms with Gasteiger partial charge in [0.05, 0.1) is 6.04 Å². The van der Waals surface area contributed by atoms with Gasteiger partial charge in [-0.2, -0.15) is 0 Å². The van der Waals surface area contributed by atoms with Crippen LogP contribution in [0, 0.1) is 6.42 Å². The Kier molecular flexibility index (Phi) is 4.49. The summed E-state index contributed by atoms with van der Waals surface area (Å²) in [7, 11) is 4.11. The van der Waals surface area contributed by atoms with E-state index in [2.05, 4.69) is 32.8 Å². The molecule has 2 aliphatic rings. The second kappa shape index (κ2) is 6.33. The molecular weight excluding hydrogens is 316 g/mol. The van der Waals surface area contributed by atoms with E-state index < -0.39 is 11.9 Å². The Balaban J connectivity index is 1.89. The monoisotopic (exact) mass is 343 g/mol. The van der Waals surface area contributed by atoms with Crippen molar-refractivity contribution in [3.05, 3.63) is 36.2 Å². The molecule has 2 N–H and O–H groups in total. The van der Waals surface area contributed by atoms with Crippen LogP contribution in [-0.2, 0) is 10.2 Å². The highest BCUT2D eigenvalue weighted by atomic mass is 16.2. The van der Waals surface area contributed by atoms with Gasteiger partial charge in [0, 0.05) is 24.2 Å². The minimum absolute atomic E-state index is 0.00603. The molecule has 6 heteroatoms. The molecule has 2 aliphatic heterocycles. The zero-order chi connectivity index (χ0) is 18.4. The van der Waals surface area contributed by atoms with Crippen LogP contribution in [0.4, 0.5) is 10.5 Å². The first-order valence-electron chi connectivity index (χ1n) is 8.70. The molecule has 0 bridgehead atoms. The van der Waals surface area contributed by atoms with Crippen LogP contribution in [0.3, 0.4) is 0 Å². The van der Waals surface area contributed by atoms with Crippen molar-refractivity contribution < 1.29 is 9.59 Å². The number of carbonyl (C=O) groups excluding carboxylic acids is 2. The van der Waals surface area contributed by atoms with Gasteiger partial charge in [0.15, 0.2) is 0 Å². The third-order valence-corrected chi connectivity index (χ3v) is 5.12. The molecule has 135 valence electrons. The number of carbonyl (C=O) groups is 2. The fourth-order valence-electron chi connectivity index (χ4n) is 4.11. The number of likely N-dealkylation sites (N-methyl/N-ethyl adjacent to an activating group) is 1. The predicted octanol–water partition coefficient (Wildman–Crippen LogP) is 1.60. The molecule has 1 aromatic rings. The SMILES string of the molecule is CN(C)CC(C)(C)c1ccc(N2C(=O)N3CC[CH][C@@H]3C2C(N)=O)cc1. The number of nitrogens with two attached hydrogens (primary N) is 1. The van der Waals surface area contributed by atoms with Crippen LogP contribution in [0.2, 0.25) is 0 Å². The van der Waals surface area contributed by atoms with E-state index in [1.807, 2.05) is 30.7 Å². The topological polar surface area (TPSA) is 69.9 Å². The molecule has 3 rings (SSSR count). The normalized spacial score (nSPS) is 23.5. The van der Waals surface area contributed by atoms with E-state index in [0.29, 0.717) is 6.54 Å². The van der Waals surface area contributed by atoms with E-state index in [-0.39, 0.29) is 17.5 Å². The number of primary amides is 1. The van der Waals surface area contributed by atoms with E-state index in [0.717, 1.165) is 18.7 Å². The van der Waals surface area contributed by atoms with Crippen molar-refractivity contribution in [2.24, 2.45) is 5.73 Å². The van der Waals surface area contributed by atoms with Gasteiger partial charge in [0.25, 0.3) is 0 Å². The molecule has 0 aliphatic carbocycles. The summed E-state index contributed by atoms with van der Waals surface area (Å²) in [5, 5.41) is 0. The fourth-order valence-corrected chi connectivity index (χ4v) is 4.11. The number of hydrogen-bond acceptors (Lipinski definition) is 3. The number of rotatable bonds is 5. The van der Waals surface area contributed by atoms with Crippen molar-refractivity contribution in [2.75, 3.05) is 32.1 Å². The van der Waals surface area contributed by atoms with Gasteiger partial charge in [-0.1, -0.05) is 26.0 Å². The summed E-state index contributed by atoms with van der Waals surface area (Å²) in [6.45, 7) is 5.96. The van der Waals surface area contributed by atoms with E-state index in [1.54, 1.807) is 9.80 Å². The minimum atomic E-state index is -0.629. The van der Waals surface area contributed by atoms with E-state index >= 15 is 0 Å². The first kappa shape index (κ1) is 17.7. The summed E-state index contributed by atoms with van der Waals surface area (Å²) in [6.07, 6.45) is 2.83. The molecule has 25 heavy (non-hydrogen) atoms. The second-order valence-electron chi connectivity index (χ2n) is 7.88. The van der Waals surface area contributed by atoms with Crippen molar-refractivity contribution in [1.82, 2.24) is 9.80 Å². The van der Waals surface area contributed by atoms with E-state index in [9.17, 15) is 9.59 Å². The number of urea groups is 1. The summed E-state index contributed by atoms with van der Waals surface area (Å²) in [5.74, 6) is -0.462. The van der Waals surface area contributed by atoms with Gasteiger partial charge >= 0.3 is 6.03 Å². The molecule has 1 unspecified atom stereocenters. The molecule has 0 aromatic heterocycles. The summed E-state index contributed by atoms with van der Waals surface area (Å²) < 4.78 is 0. The van der Waals surface area contributed by atoms with Crippen molar-refractivity contribution in [3.8, 4) is 0 Å². The number of anilines is 1. The molecule has 2 atom stereocenters. The molecule has 0 spiro atoms. The number of amides is 3. The van der Waals surface area contributed by atoms with Gasteiger partial charge < -0.3 is 15.5 Å². The van der Waals surface area contributed by atoms with Crippen LogP contribution in [0.1, 0.15) is 25.8 Å². The zero-order valence-electron chi connectivity index (χ0n) is 15.4. The fraction of sp³-hybridized carbons (Fsp3) is 0.526. The molecule has 2 heterocycles. The van der Waals surface area contributed by atoms with Gasteiger partial charge in [-0.3, -0.25) is 9.69 Å². The maximum Gasteiger partial charge on any atom is 0.325 e. The highest BCUT2D eigenvalue weighted by molar-refractivity contribution is 6.04. The summed E-state index contributed by atoms with van der Waals surface area (Å²) in [5.41, 5.74) is 7.52. The van der Waals surface area contributed by atoms with Gasteiger partial charge in [-0.25, -0.2) is 4.79 Å².